The van der Waals surface area contributed by atoms with Crippen LogP contribution in [0.1, 0.15) is 43.1 Å². The number of nitrogens with one attached hydrogen (secondary N) is 2. The van der Waals surface area contributed by atoms with E-state index in [1.165, 1.54) is 12.8 Å². The normalized spacial score (nSPS) is 22.8. The van der Waals surface area contributed by atoms with E-state index in [4.69, 9.17) is 0 Å². The van der Waals surface area contributed by atoms with E-state index >= 15 is 0 Å². The molecule has 112 valence electrons. The summed E-state index contributed by atoms with van der Waals surface area (Å²) in [5.41, 5.74) is 3.24. The smallest absolute Gasteiger partial charge is 0.221 e. The van der Waals surface area contributed by atoms with Crippen molar-refractivity contribution >= 4 is 5.91 Å². The Hall–Kier alpha value is -1.36. The van der Waals surface area contributed by atoms with Crippen molar-refractivity contribution in [2.45, 2.75) is 52.6 Å². The van der Waals surface area contributed by atoms with Gasteiger partial charge in [-0.15, -0.1) is 0 Å². The van der Waals surface area contributed by atoms with E-state index in [-0.39, 0.29) is 5.91 Å². The molecule has 1 amide bonds. The zero-order valence-corrected chi connectivity index (χ0v) is 13.0. The zero-order chi connectivity index (χ0) is 14.7. The fourth-order valence-electron chi connectivity index (χ4n) is 2.92. The second-order valence-electron chi connectivity index (χ2n) is 5.93. The first-order valence-corrected chi connectivity index (χ1v) is 7.48. The number of rotatable bonds is 4. The molecule has 2 rings (SSSR count). The molecule has 2 heterocycles. The van der Waals surface area contributed by atoms with Gasteiger partial charge >= 0.3 is 0 Å². The van der Waals surface area contributed by atoms with Gasteiger partial charge in [-0.25, -0.2) is 0 Å². The number of hydrogen-bond donors (Lipinski definition) is 2. The molecule has 2 atom stereocenters. The largest absolute Gasteiger partial charge is 0.352 e. The van der Waals surface area contributed by atoms with Gasteiger partial charge in [0.05, 0.1) is 5.69 Å². The van der Waals surface area contributed by atoms with E-state index in [1.807, 2.05) is 25.6 Å². The SMILES string of the molecule is Cc1nn(C)c(C)c1CNC(=O)CC1NCCCC1C. The maximum absolute atomic E-state index is 12.1. The highest BCUT2D eigenvalue weighted by Gasteiger charge is 2.23. The first-order chi connectivity index (χ1) is 9.49. The fourth-order valence-corrected chi connectivity index (χ4v) is 2.92. The second kappa shape index (κ2) is 6.39. The summed E-state index contributed by atoms with van der Waals surface area (Å²) >= 11 is 0. The Kier molecular flexibility index (Phi) is 4.81. The second-order valence-corrected chi connectivity index (χ2v) is 5.93. The van der Waals surface area contributed by atoms with E-state index in [0.717, 1.165) is 23.5 Å². The summed E-state index contributed by atoms with van der Waals surface area (Å²) in [5.74, 6) is 0.704. The lowest BCUT2D eigenvalue weighted by Gasteiger charge is -2.29. The van der Waals surface area contributed by atoms with Crippen molar-refractivity contribution < 1.29 is 4.79 Å². The molecule has 1 saturated heterocycles. The first-order valence-electron chi connectivity index (χ1n) is 7.48. The molecule has 20 heavy (non-hydrogen) atoms. The number of carbonyl (C=O) groups excluding carboxylic acids is 1. The third-order valence-corrected chi connectivity index (χ3v) is 4.46. The lowest BCUT2D eigenvalue weighted by molar-refractivity contribution is -0.122. The molecule has 0 bridgehead atoms. The number of carbonyl (C=O) groups is 1. The summed E-state index contributed by atoms with van der Waals surface area (Å²) in [6.07, 6.45) is 3.00. The molecule has 2 unspecified atom stereocenters. The van der Waals surface area contributed by atoms with E-state index < -0.39 is 0 Å². The molecular weight excluding hydrogens is 252 g/mol. The number of amides is 1. The number of piperidine rings is 1. The van der Waals surface area contributed by atoms with Crippen molar-refractivity contribution in [3.05, 3.63) is 17.0 Å². The number of hydrogen-bond acceptors (Lipinski definition) is 3. The van der Waals surface area contributed by atoms with Gasteiger partial charge in [-0.05, 0) is 39.2 Å². The van der Waals surface area contributed by atoms with Crippen molar-refractivity contribution in [3.8, 4) is 0 Å². The highest BCUT2D eigenvalue weighted by atomic mass is 16.1. The third kappa shape index (κ3) is 3.39. The van der Waals surface area contributed by atoms with Gasteiger partial charge in [0.2, 0.25) is 5.91 Å². The molecule has 0 aromatic carbocycles. The van der Waals surface area contributed by atoms with Crippen LogP contribution in [0.4, 0.5) is 0 Å². The molecule has 1 aromatic heterocycles. The summed E-state index contributed by atoms with van der Waals surface area (Å²) in [6, 6.07) is 0.319. The Morgan fingerprint density at radius 2 is 2.25 bits per heavy atom. The minimum absolute atomic E-state index is 0.124. The van der Waals surface area contributed by atoms with Crippen LogP contribution in [-0.4, -0.2) is 28.3 Å². The molecule has 0 radical (unpaired) electrons. The summed E-state index contributed by atoms with van der Waals surface area (Å²) < 4.78 is 1.86. The standard InChI is InChI=1S/C15H26N4O/c1-10-6-5-7-16-14(10)8-15(20)17-9-13-11(2)18-19(4)12(13)3/h10,14,16H,5-9H2,1-4H3,(H,17,20). The highest BCUT2D eigenvalue weighted by molar-refractivity contribution is 5.76. The first kappa shape index (κ1) is 15.0. The average molecular weight is 278 g/mol. The lowest BCUT2D eigenvalue weighted by Crippen LogP contribution is -2.43. The van der Waals surface area contributed by atoms with E-state index in [0.29, 0.717) is 24.9 Å². The molecule has 5 heteroatoms. The number of aromatic nitrogens is 2. The van der Waals surface area contributed by atoms with Crippen molar-refractivity contribution in [2.24, 2.45) is 13.0 Å². The summed E-state index contributed by atoms with van der Waals surface area (Å²) in [6.45, 7) is 7.85. The van der Waals surface area contributed by atoms with Gasteiger partial charge in [-0.1, -0.05) is 6.92 Å². The Bertz CT molecular complexity index is 480. The topological polar surface area (TPSA) is 59.0 Å². The van der Waals surface area contributed by atoms with Crippen LogP contribution in [0, 0.1) is 19.8 Å². The van der Waals surface area contributed by atoms with Gasteiger partial charge in [-0.3, -0.25) is 9.48 Å². The van der Waals surface area contributed by atoms with Gasteiger partial charge < -0.3 is 10.6 Å². The quantitative estimate of drug-likeness (QED) is 0.876. The molecule has 5 nitrogen and oxygen atoms in total. The van der Waals surface area contributed by atoms with Gasteiger partial charge in [-0.2, -0.15) is 5.10 Å². The molecule has 1 aliphatic heterocycles. The molecule has 2 N–H and O–H groups in total. The summed E-state index contributed by atoms with van der Waals surface area (Å²) in [4.78, 5) is 12.1. The molecule has 0 saturated carbocycles. The van der Waals surface area contributed by atoms with Gasteiger partial charge in [0.25, 0.3) is 0 Å². The zero-order valence-electron chi connectivity index (χ0n) is 13.0. The lowest BCUT2D eigenvalue weighted by atomic mass is 9.90. The molecule has 0 aliphatic carbocycles. The Morgan fingerprint density at radius 1 is 1.50 bits per heavy atom. The monoisotopic (exact) mass is 278 g/mol. The van der Waals surface area contributed by atoms with Crippen LogP contribution >= 0.6 is 0 Å². The predicted molar refractivity (Wildman–Crippen MR) is 79.3 cm³/mol. The molecule has 1 aliphatic rings. The molecule has 1 fully saturated rings. The van der Waals surface area contributed by atoms with Crippen LogP contribution in [0.2, 0.25) is 0 Å². The van der Waals surface area contributed by atoms with Crippen molar-refractivity contribution in [1.29, 1.82) is 0 Å². The van der Waals surface area contributed by atoms with Crippen LogP contribution in [0.5, 0.6) is 0 Å². The molecule has 1 aromatic rings. The molecular formula is C15H26N4O. The van der Waals surface area contributed by atoms with Crippen molar-refractivity contribution in [1.82, 2.24) is 20.4 Å². The predicted octanol–water partition coefficient (Wildman–Crippen LogP) is 1.43. The van der Waals surface area contributed by atoms with Gasteiger partial charge in [0, 0.05) is 37.3 Å². The minimum atomic E-state index is 0.124. The van der Waals surface area contributed by atoms with Crippen LogP contribution in [0.25, 0.3) is 0 Å². The third-order valence-electron chi connectivity index (χ3n) is 4.46. The van der Waals surface area contributed by atoms with Crippen LogP contribution in [-0.2, 0) is 18.4 Å². The van der Waals surface area contributed by atoms with Crippen LogP contribution in [0.3, 0.4) is 0 Å². The van der Waals surface area contributed by atoms with Gasteiger partial charge in [0.15, 0.2) is 0 Å². The minimum Gasteiger partial charge on any atom is -0.352 e. The summed E-state index contributed by atoms with van der Waals surface area (Å²) in [7, 11) is 1.93. The fraction of sp³-hybridized carbons (Fsp3) is 0.733. The summed E-state index contributed by atoms with van der Waals surface area (Å²) in [5, 5.41) is 10.8. The van der Waals surface area contributed by atoms with Crippen LogP contribution in [0.15, 0.2) is 0 Å². The Morgan fingerprint density at radius 3 is 2.85 bits per heavy atom. The van der Waals surface area contributed by atoms with Crippen molar-refractivity contribution in [2.75, 3.05) is 6.54 Å². The Labute approximate surface area is 121 Å². The maximum atomic E-state index is 12.1. The van der Waals surface area contributed by atoms with Crippen LogP contribution < -0.4 is 10.6 Å². The number of aryl methyl sites for hydroxylation is 2. The van der Waals surface area contributed by atoms with E-state index in [1.54, 1.807) is 0 Å². The van der Waals surface area contributed by atoms with E-state index in [2.05, 4.69) is 22.7 Å². The van der Waals surface area contributed by atoms with Gasteiger partial charge in [0.1, 0.15) is 0 Å². The molecule has 0 spiro atoms. The highest BCUT2D eigenvalue weighted by Crippen LogP contribution is 2.18. The maximum Gasteiger partial charge on any atom is 0.221 e. The number of nitrogens with zero attached hydrogens (tertiary/aromatic N) is 2. The Balaban J connectivity index is 1.86. The van der Waals surface area contributed by atoms with E-state index in [9.17, 15) is 4.79 Å². The van der Waals surface area contributed by atoms with Crippen molar-refractivity contribution in [3.63, 3.8) is 0 Å². The average Bonchev–Trinajstić information content (AvgIpc) is 2.64.